The zero-order valence-corrected chi connectivity index (χ0v) is 8.12. The van der Waals surface area contributed by atoms with Crippen LogP contribution in [0.3, 0.4) is 0 Å². The highest BCUT2D eigenvalue weighted by molar-refractivity contribution is 9.10. The average Bonchev–Trinajstić information content (AvgIpc) is 2.83. The molecule has 2 heteroatoms. The lowest BCUT2D eigenvalue weighted by Crippen LogP contribution is -1.83. The number of carbonyl (C=O) groups is 1. The van der Waals surface area contributed by atoms with E-state index in [2.05, 4.69) is 28.1 Å². The minimum Gasteiger partial charge on any atom is -0.303 e. The molecule has 0 heterocycles. The van der Waals surface area contributed by atoms with Crippen molar-refractivity contribution in [2.75, 3.05) is 0 Å². The van der Waals surface area contributed by atoms with Crippen molar-refractivity contribution in [3.8, 4) is 0 Å². The van der Waals surface area contributed by atoms with Gasteiger partial charge in [0.25, 0.3) is 0 Å². The molecular formula is C10H9BrO. The Morgan fingerprint density at radius 3 is 2.92 bits per heavy atom. The van der Waals surface area contributed by atoms with Crippen LogP contribution < -0.4 is 0 Å². The fourth-order valence-electron chi connectivity index (χ4n) is 1.49. The van der Waals surface area contributed by atoms with Gasteiger partial charge in [-0.2, -0.15) is 0 Å². The maximum atomic E-state index is 10.4. The summed E-state index contributed by atoms with van der Waals surface area (Å²) >= 11 is 3.41. The third-order valence-electron chi connectivity index (χ3n) is 2.29. The van der Waals surface area contributed by atoms with Gasteiger partial charge in [-0.3, -0.25) is 0 Å². The summed E-state index contributed by atoms with van der Waals surface area (Å²) in [6.07, 6.45) is 2.09. The Balaban J connectivity index is 2.19. The Bertz CT molecular complexity index is 308. The van der Waals surface area contributed by atoms with Crippen molar-refractivity contribution in [3.05, 3.63) is 34.3 Å². The minimum atomic E-state index is 0.277. The van der Waals surface area contributed by atoms with E-state index >= 15 is 0 Å². The van der Waals surface area contributed by atoms with Crippen LogP contribution in [0.2, 0.25) is 0 Å². The van der Waals surface area contributed by atoms with Crippen LogP contribution in [0.4, 0.5) is 0 Å². The molecule has 1 aromatic carbocycles. The van der Waals surface area contributed by atoms with Crippen LogP contribution in [-0.2, 0) is 4.79 Å². The summed E-state index contributed by atoms with van der Waals surface area (Å²) in [5.41, 5.74) is 1.28. The van der Waals surface area contributed by atoms with E-state index in [0.717, 1.165) is 17.2 Å². The zero-order valence-electron chi connectivity index (χ0n) is 6.53. The highest BCUT2D eigenvalue weighted by Crippen LogP contribution is 2.46. The lowest BCUT2D eigenvalue weighted by atomic mass is 10.1. The molecule has 1 saturated carbocycles. The SMILES string of the molecule is O=C[C@@H]1C[C@H]1c1cccc(Br)c1. The number of hydrogen-bond acceptors (Lipinski definition) is 1. The van der Waals surface area contributed by atoms with Gasteiger partial charge in [0.15, 0.2) is 0 Å². The standard InChI is InChI=1S/C10H9BrO/c11-9-3-1-2-7(4-9)10-5-8(10)6-12/h1-4,6,8,10H,5H2/t8-,10-/m0/s1. The number of rotatable bonds is 2. The summed E-state index contributed by atoms with van der Waals surface area (Å²) in [5, 5.41) is 0. The third-order valence-corrected chi connectivity index (χ3v) is 2.78. The number of aldehydes is 1. The largest absolute Gasteiger partial charge is 0.303 e. The van der Waals surface area contributed by atoms with Gasteiger partial charge in [-0.15, -0.1) is 0 Å². The summed E-state index contributed by atoms with van der Waals surface area (Å²) in [6.45, 7) is 0. The Hall–Kier alpha value is -0.630. The summed E-state index contributed by atoms with van der Waals surface area (Å²) in [4.78, 5) is 10.4. The lowest BCUT2D eigenvalue weighted by Gasteiger charge is -1.97. The Morgan fingerprint density at radius 2 is 2.33 bits per heavy atom. The topological polar surface area (TPSA) is 17.1 Å². The van der Waals surface area contributed by atoms with Gasteiger partial charge in [-0.05, 0) is 30.0 Å². The molecule has 0 spiro atoms. The van der Waals surface area contributed by atoms with Gasteiger partial charge < -0.3 is 4.79 Å². The molecule has 0 aliphatic heterocycles. The van der Waals surface area contributed by atoms with E-state index in [1.165, 1.54) is 5.56 Å². The van der Waals surface area contributed by atoms with Gasteiger partial charge >= 0.3 is 0 Å². The molecule has 0 bridgehead atoms. The van der Waals surface area contributed by atoms with Crippen molar-refractivity contribution in [2.24, 2.45) is 5.92 Å². The Kier molecular flexibility index (Phi) is 2.01. The van der Waals surface area contributed by atoms with E-state index in [9.17, 15) is 4.79 Å². The number of halogens is 1. The van der Waals surface area contributed by atoms with Crippen LogP contribution in [0.25, 0.3) is 0 Å². The Labute approximate surface area is 79.9 Å². The first kappa shape index (κ1) is 7.99. The lowest BCUT2D eigenvalue weighted by molar-refractivity contribution is -0.108. The normalized spacial score (nSPS) is 26.8. The molecule has 0 saturated heterocycles. The maximum absolute atomic E-state index is 10.4. The maximum Gasteiger partial charge on any atom is 0.123 e. The van der Waals surface area contributed by atoms with Gasteiger partial charge in [-0.1, -0.05) is 28.1 Å². The smallest absolute Gasteiger partial charge is 0.123 e. The first-order valence-electron chi connectivity index (χ1n) is 4.02. The fraction of sp³-hybridized carbons (Fsp3) is 0.300. The fourth-order valence-corrected chi connectivity index (χ4v) is 1.90. The monoisotopic (exact) mass is 224 g/mol. The number of carbonyl (C=O) groups excluding carboxylic acids is 1. The third kappa shape index (κ3) is 1.44. The van der Waals surface area contributed by atoms with Crippen molar-refractivity contribution in [1.82, 2.24) is 0 Å². The van der Waals surface area contributed by atoms with E-state index in [4.69, 9.17) is 0 Å². The molecule has 1 aromatic rings. The van der Waals surface area contributed by atoms with E-state index in [1.807, 2.05) is 12.1 Å². The molecule has 62 valence electrons. The highest BCUT2D eigenvalue weighted by atomic mass is 79.9. The molecular weight excluding hydrogens is 216 g/mol. The molecule has 0 radical (unpaired) electrons. The molecule has 12 heavy (non-hydrogen) atoms. The van der Waals surface area contributed by atoms with Crippen LogP contribution in [0, 0.1) is 5.92 Å². The second kappa shape index (κ2) is 3.02. The number of hydrogen-bond donors (Lipinski definition) is 0. The first-order valence-corrected chi connectivity index (χ1v) is 4.81. The van der Waals surface area contributed by atoms with Gasteiger partial charge in [0.05, 0.1) is 0 Å². The summed E-state index contributed by atoms with van der Waals surface area (Å²) < 4.78 is 1.09. The molecule has 1 nitrogen and oxygen atoms in total. The van der Waals surface area contributed by atoms with Crippen LogP contribution in [-0.4, -0.2) is 6.29 Å². The van der Waals surface area contributed by atoms with Crippen LogP contribution in [0.15, 0.2) is 28.7 Å². The molecule has 2 rings (SSSR count). The quantitative estimate of drug-likeness (QED) is 0.707. The highest BCUT2D eigenvalue weighted by Gasteiger charge is 2.37. The molecule has 1 fully saturated rings. The predicted octanol–water partition coefficient (Wildman–Crippen LogP) is 2.75. The zero-order chi connectivity index (χ0) is 8.55. The van der Waals surface area contributed by atoms with Crippen molar-refractivity contribution in [2.45, 2.75) is 12.3 Å². The van der Waals surface area contributed by atoms with Crippen molar-refractivity contribution >= 4 is 22.2 Å². The Morgan fingerprint density at radius 1 is 1.50 bits per heavy atom. The second-order valence-corrected chi connectivity index (χ2v) is 4.11. The molecule has 2 atom stereocenters. The molecule has 0 unspecified atom stereocenters. The summed E-state index contributed by atoms with van der Waals surface area (Å²) in [5.74, 6) is 0.763. The summed E-state index contributed by atoms with van der Waals surface area (Å²) in [7, 11) is 0. The number of benzene rings is 1. The molecule has 0 N–H and O–H groups in total. The summed E-state index contributed by atoms with van der Waals surface area (Å²) in [6, 6.07) is 8.19. The van der Waals surface area contributed by atoms with Gasteiger partial charge in [0.1, 0.15) is 6.29 Å². The van der Waals surface area contributed by atoms with E-state index in [1.54, 1.807) is 0 Å². The molecule has 0 amide bonds. The average molecular weight is 225 g/mol. The van der Waals surface area contributed by atoms with Crippen LogP contribution in [0.5, 0.6) is 0 Å². The molecule has 1 aliphatic rings. The molecule has 1 aliphatic carbocycles. The van der Waals surface area contributed by atoms with E-state index in [0.29, 0.717) is 5.92 Å². The van der Waals surface area contributed by atoms with Crippen molar-refractivity contribution in [3.63, 3.8) is 0 Å². The predicted molar refractivity (Wildman–Crippen MR) is 51.1 cm³/mol. The van der Waals surface area contributed by atoms with E-state index in [-0.39, 0.29) is 5.92 Å². The van der Waals surface area contributed by atoms with Gasteiger partial charge in [0.2, 0.25) is 0 Å². The molecule has 0 aromatic heterocycles. The second-order valence-electron chi connectivity index (χ2n) is 3.20. The first-order chi connectivity index (χ1) is 5.81. The van der Waals surface area contributed by atoms with Crippen LogP contribution >= 0.6 is 15.9 Å². The van der Waals surface area contributed by atoms with Gasteiger partial charge in [-0.25, -0.2) is 0 Å². The van der Waals surface area contributed by atoms with Crippen molar-refractivity contribution in [1.29, 1.82) is 0 Å². The van der Waals surface area contributed by atoms with Crippen LogP contribution in [0.1, 0.15) is 17.9 Å². The van der Waals surface area contributed by atoms with Gasteiger partial charge in [0, 0.05) is 10.4 Å². The minimum absolute atomic E-state index is 0.277. The van der Waals surface area contributed by atoms with Crippen molar-refractivity contribution < 1.29 is 4.79 Å². The van der Waals surface area contributed by atoms with E-state index < -0.39 is 0 Å².